The van der Waals surface area contributed by atoms with Crippen molar-refractivity contribution in [3.05, 3.63) is 41.9 Å². The first-order valence-corrected chi connectivity index (χ1v) is 7.90. The predicted octanol–water partition coefficient (Wildman–Crippen LogP) is 1.73. The number of carbonyl (C=O) groups excluding carboxylic acids is 1. The van der Waals surface area contributed by atoms with Crippen LogP contribution in [0, 0.1) is 0 Å². The highest BCUT2D eigenvalue weighted by atomic mass is 16.3. The maximum atomic E-state index is 12.6. The van der Waals surface area contributed by atoms with Gasteiger partial charge in [0.25, 0.3) is 5.91 Å². The van der Waals surface area contributed by atoms with Crippen molar-refractivity contribution in [2.24, 2.45) is 0 Å². The Morgan fingerprint density at radius 1 is 1.23 bits per heavy atom. The summed E-state index contributed by atoms with van der Waals surface area (Å²) in [6, 6.07) is 3.90. The molecule has 4 heterocycles. The number of nitrogens with zero attached hydrogens (tertiary/aromatic N) is 4. The molecule has 0 atom stereocenters. The Labute approximate surface area is 129 Å². The lowest BCUT2D eigenvalue weighted by molar-refractivity contribution is 0.0777. The molecule has 0 saturated carbocycles. The maximum absolute atomic E-state index is 12.6. The summed E-state index contributed by atoms with van der Waals surface area (Å²) in [5.74, 6) is 2.07. The molecule has 2 aliphatic heterocycles. The summed E-state index contributed by atoms with van der Waals surface area (Å²) < 4.78 is 7.49. The van der Waals surface area contributed by atoms with Crippen LogP contribution in [0.2, 0.25) is 0 Å². The van der Waals surface area contributed by atoms with E-state index in [2.05, 4.69) is 14.5 Å². The largest absolute Gasteiger partial charge is 0.468 e. The second kappa shape index (κ2) is 5.61. The number of hydrogen-bond acceptors (Lipinski definition) is 4. The number of imidazole rings is 1. The van der Waals surface area contributed by atoms with Gasteiger partial charge >= 0.3 is 0 Å². The van der Waals surface area contributed by atoms with Crippen molar-refractivity contribution in [1.29, 1.82) is 0 Å². The molecule has 4 rings (SSSR count). The SMILES string of the molecule is O=C(c1cnc2n1CCN(Cc1ccco1)C2)N1CCCC1. The van der Waals surface area contributed by atoms with E-state index in [1.54, 1.807) is 12.5 Å². The van der Waals surface area contributed by atoms with Crippen LogP contribution in [0.1, 0.15) is 34.9 Å². The maximum Gasteiger partial charge on any atom is 0.272 e. The van der Waals surface area contributed by atoms with Gasteiger partial charge in [-0.1, -0.05) is 0 Å². The third kappa shape index (κ3) is 2.43. The minimum Gasteiger partial charge on any atom is -0.468 e. The predicted molar refractivity (Wildman–Crippen MR) is 80.2 cm³/mol. The molecule has 116 valence electrons. The summed E-state index contributed by atoms with van der Waals surface area (Å²) in [7, 11) is 0. The molecular formula is C16H20N4O2. The van der Waals surface area contributed by atoms with Crippen LogP contribution < -0.4 is 0 Å². The van der Waals surface area contributed by atoms with Gasteiger partial charge in [-0.25, -0.2) is 4.98 Å². The quantitative estimate of drug-likeness (QED) is 0.866. The molecule has 0 N–H and O–H groups in total. The molecule has 2 aliphatic rings. The van der Waals surface area contributed by atoms with Crippen molar-refractivity contribution in [1.82, 2.24) is 19.4 Å². The second-order valence-electron chi connectivity index (χ2n) is 6.00. The summed E-state index contributed by atoms with van der Waals surface area (Å²) >= 11 is 0. The summed E-state index contributed by atoms with van der Waals surface area (Å²) in [5, 5.41) is 0. The van der Waals surface area contributed by atoms with E-state index in [-0.39, 0.29) is 5.91 Å². The smallest absolute Gasteiger partial charge is 0.272 e. The van der Waals surface area contributed by atoms with Crippen LogP contribution in [0.15, 0.2) is 29.0 Å². The van der Waals surface area contributed by atoms with Crippen LogP contribution in [0.3, 0.4) is 0 Å². The van der Waals surface area contributed by atoms with Crippen molar-refractivity contribution in [2.75, 3.05) is 19.6 Å². The Morgan fingerprint density at radius 3 is 2.86 bits per heavy atom. The van der Waals surface area contributed by atoms with Gasteiger partial charge in [0.2, 0.25) is 0 Å². The van der Waals surface area contributed by atoms with Crippen molar-refractivity contribution < 1.29 is 9.21 Å². The topological polar surface area (TPSA) is 54.5 Å². The number of amides is 1. The summed E-state index contributed by atoms with van der Waals surface area (Å²) in [6.45, 7) is 5.02. The van der Waals surface area contributed by atoms with Crippen molar-refractivity contribution in [3.8, 4) is 0 Å². The van der Waals surface area contributed by atoms with E-state index < -0.39 is 0 Å². The highest BCUT2D eigenvalue weighted by Crippen LogP contribution is 2.19. The van der Waals surface area contributed by atoms with Crippen LogP contribution in [-0.2, 0) is 19.6 Å². The molecular weight excluding hydrogens is 280 g/mol. The fourth-order valence-electron chi connectivity index (χ4n) is 3.32. The Balaban J connectivity index is 1.48. The van der Waals surface area contributed by atoms with Gasteiger partial charge in [0.1, 0.15) is 17.3 Å². The van der Waals surface area contributed by atoms with E-state index in [0.717, 1.165) is 69.4 Å². The van der Waals surface area contributed by atoms with Gasteiger partial charge in [-0.3, -0.25) is 9.69 Å². The molecule has 2 aromatic rings. The average Bonchev–Trinajstić information content (AvgIpc) is 3.28. The van der Waals surface area contributed by atoms with E-state index in [9.17, 15) is 4.79 Å². The van der Waals surface area contributed by atoms with Crippen molar-refractivity contribution in [3.63, 3.8) is 0 Å². The molecule has 0 unspecified atom stereocenters. The minimum atomic E-state index is 0.135. The number of fused-ring (bicyclic) bond motifs is 1. The van der Waals surface area contributed by atoms with Crippen LogP contribution in [0.25, 0.3) is 0 Å². The molecule has 0 spiro atoms. The van der Waals surface area contributed by atoms with E-state index in [1.807, 2.05) is 17.0 Å². The Morgan fingerprint density at radius 2 is 2.09 bits per heavy atom. The van der Waals surface area contributed by atoms with Gasteiger partial charge in [-0.2, -0.15) is 0 Å². The van der Waals surface area contributed by atoms with E-state index in [0.29, 0.717) is 0 Å². The summed E-state index contributed by atoms with van der Waals surface area (Å²) in [5.41, 5.74) is 0.745. The molecule has 2 aromatic heterocycles. The number of carbonyl (C=O) groups is 1. The number of rotatable bonds is 3. The Kier molecular flexibility index (Phi) is 3.46. The minimum absolute atomic E-state index is 0.135. The molecule has 6 nitrogen and oxygen atoms in total. The summed E-state index contributed by atoms with van der Waals surface area (Å²) in [6.07, 6.45) is 5.67. The average molecular weight is 300 g/mol. The molecule has 0 bridgehead atoms. The molecule has 0 aliphatic carbocycles. The molecule has 22 heavy (non-hydrogen) atoms. The van der Waals surface area contributed by atoms with E-state index in [4.69, 9.17) is 4.42 Å². The van der Waals surface area contributed by atoms with E-state index in [1.165, 1.54) is 0 Å². The van der Waals surface area contributed by atoms with Gasteiger partial charge in [-0.15, -0.1) is 0 Å². The first-order valence-electron chi connectivity index (χ1n) is 7.90. The lowest BCUT2D eigenvalue weighted by Crippen LogP contribution is -2.36. The van der Waals surface area contributed by atoms with Gasteiger partial charge in [0.15, 0.2) is 0 Å². The monoisotopic (exact) mass is 300 g/mol. The lowest BCUT2D eigenvalue weighted by atomic mass is 10.3. The second-order valence-corrected chi connectivity index (χ2v) is 6.00. The van der Waals surface area contributed by atoms with Crippen LogP contribution >= 0.6 is 0 Å². The zero-order valence-corrected chi connectivity index (χ0v) is 12.6. The van der Waals surface area contributed by atoms with Crippen molar-refractivity contribution >= 4 is 5.91 Å². The summed E-state index contributed by atoms with van der Waals surface area (Å²) in [4.78, 5) is 21.3. The number of likely N-dealkylation sites (tertiary alicyclic amines) is 1. The van der Waals surface area contributed by atoms with Crippen molar-refractivity contribution in [2.45, 2.75) is 32.5 Å². The fraction of sp³-hybridized carbons (Fsp3) is 0.500. The van der Waals surface area contributed by atoms with Gasteiger partial charge in [-0.05, 0) is 25.0 Å². The van der Waals surface area contributed by atoms with Crippen LogP contribution in [-0.4, -0.2) is 44.9 Å². The zero-order chi connectivity index (χ0) is 14.9. The third-order valence-electron chi connectivity index (χ3n) is 4.52. The first kappa shape index (κ1) is 13.6. The Bertz CT molecular complexity index is 656. The fourth-order valence-corrected chi connectivity index (χ4v) is 3.32. The third-order valence-corrected chi connectivity index (χ3v) is 4.52. The van der Waals surface area contributed by atoms with Crippen LogP contribution in [0.4, 0.5) is 0 Å². The zero-order valence-electron chi connectivity index (χ0n) is 12.6. The molecule has 0 radical (unpaired) electrons. The molecule has 1 fully saturated rings. The molecule has 0 aromatic carbocycles. The first-order chi connectivity index (χ1) is 10.8. The molecule has 6 heteroatoms. The van der Waals surface area contributed by atoms with Gasteiger partial charge in [0.05, 0.1) is 25.5 Å². The Hall–Kier alpha value is -2.08. The van der Waals surface area contributed by atoms with E-state index >= 15 is 0 Å². The molecule has 1 saturated heterocycles. The normalized spacial score (nSPS) is 18.6. The number of hydrogen-bond donors (Lipinski definition) is 0. The molecule has 1 amide bonds. The highest BCUT2D eigenvalue weighted by Gasteiger charge is 2.27. The van der Waals surface area contributed by atoms with Gasteiger partial charge in [0, 0.05) is 26.2 Å². The standard InChI is InChI=1S/C16H20N4O2/c21-16(19-5-1-2-6-19)14-10-17-15-12-18(7-8-20(14)15)11-13-4-3-9-22-13/h3-4,9-10H,1-2,5-8,11-12H2. The number of furan rings is 1. The lowest BCUT2D eigenvalue weighted by Gasteiger charge is -2.28. The van der Waals surface area contributed by atoms with Gasteiger partial charge < -0.3 is 13.9 Å². The highest BCUT2D eigenvalue weighted by molar-refractivity contribution is 5.92. The number of aromatic nitrogens is 2. The van der Waals surface area contributed by atoms with Crippen LogP contribution in [0.5, 0.6) is 0 Å².